The van der Waals surface area contributed by atoms with Crippen LogP contribution in [0.2, 0.25) is 0 Å². The Labute approximate surface area is 98.2 Å². The molecule has 0 radical (unpaired) electrons. The van der Waals surface area contributed by atoms with E-state index in [0.29, 0.717) is 12.6 Å². The molecule has 3 nitrogen and oxygen atoms in total. The molecule has 0 aliphatic heterocycles. The normalized spacial score (nSPS) is 12.4. The minimum absolute atomic E-state index is 0.357. The molecule has 16 heavy (non-hydrogen) atoms. The number of hydrogen-bond donors (Lipinski definition) is 2. The van der Waals surface area contributed by atoms with Gasteiger partial charge in [0.1, 0.15) is 5.75 Å². The van der Waals surface area contributed by atoms with Gasteiger partial charge in [0.25, 0.3) is 0 Å². The van der Waals surface area contributed by atoms with Gasteiger partial charge in [0.15, 0.2) is 0 Å². The van der Waals surface area contributed by atoms with Crippen LogP contribution in [0.5, 0.6) is 5.75 Å². The van der Waals surface area contributed by atoms with Crippen molar-refractivity contribution >= 4 is 0 Å². The molecular formula is C13H22N2O. The van der Waals surface area contributed by atoms with Gasteiger partial charge in [0.05, 0.1) is 6.61 Å². The van der Waals surface area contributed by atoms with Gasteiger partial charge in [-0.15, -0.1) is 0 Å². The highest BCUT2D eigenvalue weighted by atomic mass is 16.5. The summed E-state index contributed by atoms with van der Waals surface area (Å²) in [6.07, 6.45) is 0. The second kappa shape index (κ2) is 7.25. The average Bonchev–Trinajstić information content (AvgIpc) is 2.32. The van der Waals surface area contributed by atoms with Crippen molar-refractivity contribution in [1.82, 2.24) is 10.6 Å². The maximum atomic E-state index is 5.42. The maximum absolute atomic E-state index is 5.42. The minimum Gasteiger partial charge on any atom is -0.494 e. The molecule has 0 aromatic heterocycles. The highest BCUT2D eigenvalue weighted by Crippen LogP contribution is 2.17. The van der Waals surface area contributed by atoms with Crippen LogP contribution >= 0.6 is 0 Å². The number of likely N-dealkylation sites (N-methyl/N-ethyl adjacent to an activating group) is 2. The Morgan fingerprint density at radius 2 is 1.88 bits per heavy atom. The quantitative estimate of drug-likeness (QED) is 0.740. The van der Waals surface area contributed by atoms with Gasteiger partial charge < -0.3 is 15.4 Å². The fraction of sp³-hybridized carbons (Fsp3) is 0.538. The van der Waals surface area contributed by atoms with Crippen molar-refractivity contribution in [2.75, 3.05) is 26.7 Å². The standard InChI is InChI=1S/C13H22N2O/c1-4-15-10-13(14-3)11-6-8-12(9-7-11)16-5-2/h6-9,13-15H,4-5,10H2,1-3H3. The van der Waals surface area contributed by atoms with E-state index in [0.717, 1.165) is 18.8 Å². The molecule has 3 heteroatoms. The van der Waals surface area contributed by atoms with Crippen LogP contribution in [0.15, 0.2) is 24.3 Å². The molecule has 1 aromatic carbocycles. The van der Waals surface area contributed by atoms with E-state index in [-0.39, 0.29) is 0 Å². The Bertz CT molecular complexity index is 284. The minimum atomic E-state index is 0.357. The molecule has 0 saturated carbocycles. The first-order chi connectivity index (χ1) is 7.81. The van der Waals surface area contributed by atoms with Crippen molar-refractivity contribution in [3.8, 4) is 5.75 Å². The summed E-state index contributed by atoms with van der Waals surface area (Å²) < 4.78 is 5.42. The van der Waals surface area contributed by atoms with Gasteiger partial charge in [-0.1, -0.05) is 19.1 Å². The highest BCUT2D eigenvalue weighted by Gasteiger charge is 2.07. The summed E-state index contributed by atoms with van der Waals surface area (Å²) in [5.41, 5.74) is 1.28. The molecule has 2 N–H and O–H groups in total. The zero-order valence-corrected chi connectivity index (χ0v) is 10.4. The van der Waals surface area contributed by atoms with Crippen molar-refractivity contribution in [2.45, 2.75) is 19.9 Å². The summed E-state index contributed by atoms with van der Waals surface area (Å²) in [7, 11) is 1.98. The number of ether oxygens (including phenoxy) is 1. The molecule has 0 aliphatic rings. The van der Waals surface area contributed by atoms with E-state index in [4.69, 9.17) is 4.74 Å². The summed E-state index contributed by atoms with van der Waals surface area (Å²) in [6.45, 7) is 6.77. The van der Waals surface area contributed by atoms with E-state index in [9.17, 15) is 0 Å². The summed E-state index contributed by atoms with van der Waals surface area (Å²) >= 11 is 0. The van der Waals surface area contributed by atoms with Crippen LogP contribution in [-0.4, -0.2) is 26.7 Å². The molecule has 0 bridgehead atoms. The summed E-state index contributed by atoms with van der Waals surface area (Å²) in [5.74, 6) is 0.935. The second-order valence-corrected chi connectivity index (χ2v) is 3.65. The van der Waals surface area contributed by atoms with Gasteiger partial charge in [0, 0.05) is 12.6 Å². The van der Waals surface area contributed by atoms with Crippen LogP contribution in [0.1, 0.15) is 25.5 Å². The average molecular weight is 222 g/mol. The largest absolute Gasteiger partial charge is 0.494 e. The first-order valence-corrected chi connectivity index (χ1v) is 5.92. The zero-order valence-electron chi connectivity index (χ0n) is 10.4. The van der Waals surface area contributed by atoms with Crippen molar-refractivity contribution < 1.29 is 4.74 Å². The Balaban J connectivity index is 2.62. The molecule has 0 aliphatic carbocycles. The molecule has 1 aromatic rings. The summed E-state index contributed by atoms with van der Waals surface area (Å²) in [6, 6.07) is 8.63. The van der Waals surface area contributed by atoms with Gasteiger partial charge in [-0.2, -0.15) is 0 Å². The molecule has 0 fully saturated rings. The summed E-state index contributed by atoms with van der Waals surface area (Å²) in [4.78, 5) is 0. The Morgan fingerprint density at radius 1 is 1.19 bits per heavy atom. The monoisotopic (exact) mass is 222 g/mol. The molecule has 90 valence electrons. The van der Waals surface area contributed by atoms with Crippen LogP contribution in [0.4, 0.5) is 0 Å². The molecule has 0 heterocycles. The SMILES string of the molecule is CCNCC(NC)c1ccc(OCC)cc1. The summed E-state index contributed by atoms with van der Waals surface area (Å²) in [5, 5.41) is 6.65. The van der Waals surface area contributed by atoms with Gasteiger partial charge in [-0.05, 0) is 38.2 Å². The fourth-order valence-electron chi connectivity index (χ4n) is 1.64. The second-order valence-electron chi connectivity index (χ2n) is 3.65. The Morgan fingerprint density at radius 3 is 2.38 bits per heavy atom. The van der Waals surface area contributed by atoms with Crippen molar-refractivity contribution in [1.29, 1.82) is 0 Å². The number of rotatable bonds is 7. The van der Waals surface area contributed by atoms with Gasteiger partial charge >= 0.3 is 0 Å². The lowest BCUT2D eigenvalue weighted by molar-refractivity contribution is 0.340. The number of nitrogens with one attached hydrogen (secondary N) is 2. The van der Waals surface area contributed by atoms with E-state index < -0.39 is 0 Å². The first kappa shape index (κ1) is 13.0. The van der Waals surface area contributed by atoms with Gasteiger partial charge in [-0.3, -0.25) is 0 Å². The van der Waals surface area contributed by atoms with Crippen molar-refractivity contribution in [3.63, 3.8) is 0 Å². The molecule has 0 saturated heterocycles. The Hall–Kier alpha value is -1.06. The van der Waals surface area contributed by atoms with Crippen LogP contribution in [0.25, 0.3) is 0 Å². The molecule has 0 amide bonds. The zero-order chi connectivity index (χ0) is 11.8. The van der Waals surface area contributed by atoms with Gasteiger partial charge in [-0.25, -0.2) is 0 Å². The third-order valence-corrected chi connectivity index (χ3v) is 2.54. The third-order valence-electron chi connectivity index (χ3n) is 2.54. The molecule has 1 rings (SSSR count). The third kappa shape index (κ3) is 3.83. The highest BCUT2D eigenvalue weighted by molar-refractivity contribution is 5.29. The Kier molecular flexibility index (Phi) is 5.90. The van der Waals surface area contributed by atoms with Gasteiger partial charge in [0.2, 0.25) is 0 Å². The molecular weight excluding hydrogens is 200 g/mol. The van der Waals surface area contributed by atoms with Crippen LogP contribution in [0.3, 0.4) is 0 Å². The molecule has 1 unspecified atom stereocenters. The first-order valence-electron chi connectivity index (χ1n) is 5.92. The fourth-order valence-corrected chi connectivity index (χ4v) is 1.64. The van der Waals surface area contributed by atoms with E-state index in [1.807, 2.05) is 26.1 Å². The lowest BCUT2D eigenvalue weighted by Gasteiger charge is -2.17. The van der Waals surface area contributed by atoms with E-state index in [1.165, 1.54) is 5.56 Å². The van der Waals surface area contributed by atoms with E-state index >= 15 is 0 Å². The molecule has 1 atom stereocenters. The van der Waals surface area contributed by atoms with Crippen molar-refractivity contribution in [2.24, 2.45) is 0 Å². The maximum Gasteiger partial charge on any atom is 0.119 e. The predicted molar refractivity (Wildman–Crippen MR) is 68.0 cm³/mol. The van der Waals surface area contributed by atoms with Crippen molar-refractivity contribution in [3.05, 3.63) is 29.8 Å². The number of benzene rings is 1. The lowest BCUT2D eigenvalue weighted by atomic mass is 10.1. The lowest BCUT2D eigenvalue weighted by Crippen LogP contribution is -2.29. The topological polar surface area (TPSA) is 33.3 Å². The van der Waals surface area contributed by atoms with E-state index in [1.54, 1.807) is 0 Å². The van der Waals surface area contributed by atoms with Crippen LogP contribution < -0.4 is 15.4 Å². The van der Waals surface area contributed by atoms with E-state index in [2.05, 4.69) is 29.7 Å². The van der Waals surface area contributed by atoms with Crippen LogP contribution in [0, 0.1) is 0 Å². The predicted octanol–water partition coefficient (Wildman–Crippen LogP) is 1.96. The molecule has 0 spiro atoms. The smallest absolute Gasteiger partial charge is 0.119 e. The number of hydrogen-bond acceptors (Lipinski definition) is 3. The van der Waals surface area contributed by atoms with Crippen LogP contribution in [-0.2, 0) is 0 Å².